The number of aromatic nitrogens is 3. The van der Waals surface area contributed by atoms with Gasteiger partial charge in [-0.15, -0.1) is 11.3 Å². The quantitative estimate of drug-likeness (QED) is 0.688. The molecule has 0 N–H and O–H groups in total. The van der Waals surface area contributed by atoms with Crippen LogP contribution in [-0.2, 0) is 13.1 Å². The first-order valence-corrected chi connectivity index (χ1v) is 10.2. The van der Waals surface area contributed by atoms with E-state index in [1.165, 1.54) is 17.5 Å². The Labute approximate surface area is 158 Å². The third-order valence-electron chi connectivity index (χ3n) is 4.84. The fourth-order valence-corrected chi connectivity index (χ4v) is 4.28. The molecule has 26 heavy (non-hydrogen) atoms. The summed E-state index contributed by atoms with van der Waals surface area (Å²) in [5.74, 6) is 0. The van der Waals surface area contributed by atoms with Crippen LogP contribution in [0, 0.1) is 0 Å². The number of thiazole rings is 1. The highest BCUT2D eigenvalue weighted by atomic mass is 32.1. The van der Waals surface area contributed by atoms with Gasteiger partial charge in [0.1, 0.15) is 0 Å². The maximum absolute atomic E-state index is 4.88. The van der Waals surface area contributed by atoms with Gasteiger partial charge in [-0.05, 0) is 13.3 Å². The third kappa shape index (κ3) is 3.97. The molecule has 2 aromatic heterocycles. The second-order valence-corrected chi connectivity index (χ2v) is 7.54. The number of anilines is 1. The topological polar surface area (TPSA) is 37.2 Å². The largest absolute Gasteiger partial charge is 0.347 e. The lowest BCUT2D eigenvalue weighted by Crippen LogP contribution is -2.30. The van der Waals surface area contributed by atoms with Gasteiger partial charge in [-0.1, -0.05) is 30.3 Å². The maximum Gasteiger partial charge on any atom is 0.185 e. The Morgan fingerprint density at radius 3 is 2.77 bits per heavy atom. The van der Waals surface area contributed by atoms with Crippen LogP contribution in [0.1, 0.15) is 18.9 Å². The molecule has 6 heteroatoms. The number of aryl methyl sites for hydroxylation is 1. The summed E-state index contributed by atoms with van der Waals surface area (Å²) in [7, 11) is 0. The summed E-state index contributed by atoms with van der Waals surface area (Å²) in [5, 5.41) is 7.71. The lowest BCUT2D eigenvalue weighted by Gasteiger charge is -2.21. The van der Waals surface area contributed by atoms with Crippen LogP contribution in [0.15, 0.2) is 48.1 Å². The van der Waals surface area contributed by atoms with Crippen molar-refractivity contribution in [2.45, 2.75) is 26.4 Å². The molecule has 0 atom stereocenters. The fourth-order valence-electron chi connectivity index (χ4n) is 3.39. The van der Waals surface area contributed by atoms with Crippen LogP contribution < -0.4 is 4.90 Å². The summed E-state index contributed by atoms with van der Waals surface area (Å²) in [4.78, 5) is 9.85. The summed E-state index contributed by atoms with van der Waals surface area (Å²) in [5.41, 5.74) is 3.58. The van der Waals surface area contributed by atoms with E-state index in [-0.39, 0.29) is 0 Å². The van der Waals surface area contributed by atoms with Crippen molar-refractivity contribution in [2.24, 2.45) is 0 Å². The molecule has 0 saturated carbocycles. The van der Waals surface area contributed by atoms with Gasteiger partial charge in [0.05, 0.1) is 11.9 Å². The Balaban J connectivity index is 1.38. The highest BCUT2D eigenvalue weighted by Crippen LogP contribution is 2.28. The molecule has 1 saturated heterocycles. The van der Waals surface area contributed by atoms with Crippen LogP contribution in [0.4, 0.5) is 5.13 Å². The molecule has 0 bridgehead atoms. The molecule has 3 aromatic rings. The highest BCUT2D eigenvalue weighted by Gasteiger charge is 2.18. The molecule has 0 aliphatic carbocycles. The minimum Gasteiger partial charge on any atom is -0.347 e. The molecule has 1 fully saturated rings. The van der Waals surface area contributed by atoms with Gasteiger partial charge in [0.2, 0.25) is 0 Å². The zero-order chi connectivity index (χ0) is 17.8. The van der Waals surface area contributed by atoms with Gasteiger partial charge in [-0.3, -0.25) is 9.58 Å². The number of hydrogen-bond donors (Lipinski definition) is 0. The van der Waals surface area contributed by atoms with Crippen molar-refractivity contribution in [1.29, 1.82) is 0 Å². The molecule has 136 valence electrons. The Kier molecular flexibility index (Phi) is 5.32. The number of nitrogens with zero attached hydrogens (tertiary/aromatic N) is 5. The van der Waals surface area contributed by atoms with Gasteiger partial charge in [0.25, 0.3) is 0 Å². The number of hydrogen-bond acceptors (Lipinski definition) is 5. The SMILES string of the molecule is CCn1cc(CN2CCCN(c3nc(-c4ccccc4)cs3)CC2)cn1. The second-order valence-electron chi connectivity index (χ2n) is 6.70. The zero-order valence-corrected chi connectivity index (χ0v) is 16.0. The van der Waals surface area contributed by atoms with Gasteiger partial charge >= 0.3 is 0 Å². The monoisotopic (exact) mass is 367 g/mol. The first kappa shape index (κ1) is 17.2. The minimum absolute atomic E-state index is 0.932. The first-order valence-electron chi connectivity index (χ1n) is 9.31. The minimum atomic E-state index is 0.932. The molecule has 1 aromatic carbocycles. The molecule has 5 nitrogen and oxygen atoms in total. The predicted octanol–water partition coefficient (Wildman–Crippen LogP) is 3.74. The first-order chi connectivity index (χ1) is 12.8. The third-order valence-corrected chi connectivity index (χ3v) is 5.74. The molecule has 1 aliphatic rings. The van der Waals surface area contributed by atoms with Crippen molar-refractivity contribution in [2.75, 3.05) is 31.1 Å². The molecule has 4 rings (SSSR count). The second kappa shape index (κ2) is 8.01. The van der Waals surface area contributed by atoms with Crippen molar-refractivity contribution in [3.05, 3.63) is 53.7 Å². The van der Waals surface area contributed by atoms with Crippen LogP contribution >= 0.6 is 11.3 Å². The molecule has 3 heterocycles. The number of benzene rings is 1. The predicted molar refractivity (Wildman–Crippen MR) is 108 cm³/mol. The fraction of sp³-hybridized carbons (Fsp3) is 0.400. The van der Waals surface area contributed by atoms with Crippen molar-refractivity contribution >= 4 is 16.5 Å². The van der Waals surface area contributed by atoms with Crippen molar-refractivity contribution in [3.63, 3.8) is 0 Å². The van der Waals surface area contributed by atoms with Crippen molar-refractivity contribution in [1.82, 2.24) is 19.7 Å². The Morgan fingerprint density at radius 1 is 1.08 bits per heavy atom. The number of rotatable bonds is 5. The average Bonchev–Trinajstić information content (AvgIpc) is 3.29. The molecule has 0 spiro atoms. The van der Waals surface area contributed by atoms with Crippen LogP contribution in [0.5, 0.6) is 0 Å². The molecule has 1 aliphatic heterocycles. The standard InChI is InChI=1S/C20H25N5S/c1-2-25-15-17(13-21-25)14-23-9-6-10-24(12-11-23)20-22-19(16-26-20)18-7-4-3-5-8-18/h3-5,7-8,13,15-16H,2,6,9-12,14H2,1H3. The van der Waals surface area contributed by atoms with Gasteiger partial charge in [0.15, 0.2) is 5.13 Å². The molecular formula is C20H25N5S. The lowest BCUT2D eigenvalue weighted by molar-refractivity contribution is 0.285. The normalized spacial score (nSPS) is 16.0. The summed E-state index contributed by atoms with van der Waals surface area (Å²) in [6, 6.07) is 10.4. The van der Waals surface area contributed by atoms with E-state index < -0.39 is 0 Å². The van der Waals surface area contributed by atoms with Crippen LogP contribution in [0.25, 0.3) is 11.3 Å². The maximum atomic E-state index is 4.88. The van der Waals surface area contributed by atoms with Crippen molar-refractivity contribution < 1.29 is 0 Å². The van der Waals surface area contributed by atoms with Crippen molar-refractivity contribution in [3.8, 4) is 11.3 Å². The Hall–Kier alpha value is -2.18. The molecule has 0 unspecified atom stereocenters. The summed E-state index contributed by atoms with van der Waals surface area (Å²) < 4.78 is 2.00. The Morgan fingerprint density at radius 2 is 1.96 bits per heavy atom. The van der Waals surface area contributed by atoms with E-state index in [9.17, 15) is 0 Å². The van der Waals surface area contributed by atoms with E-state index in [1.54, 1.807) is 11.3 Å². The molecule has 0 amide bonds. The summed E-state index contributed by atoms with van der Waals surface area (Å²) in [6.07, 6.45) is 5.33. The zero-order valence-electron chi connectivity index (χ0n) is 15.2. The summed E-state index contributed by atoms with van der Waals surface area (Å²) in [6.45, 7) is 8.35. The Bertz CT molecular complexity index is 826. The highest BCUT2D eigenvalue weighted by molar-refractivity contribution is 7.14. The van der Waals surface area contributed by atoms with E-state index in [1.807, 2.05) is 16.9 Å². The smallest absolute Gasteiger partial charge is 0.185 e. The lowest BCUT2D eigenvalue weighted by atomic mass is 10.2. The van der Waals surface area contributed by atoms with E-state index in [0.717, 1.165) is 50.1 Å². The average molecular weight is 368 g/mol. The van der Waals surface area contributed by atoms with Gasteiger partial charge in [-0.25, -0.2) is 4.98 Å². The van der Waals surface area contributed by atoms with E-state index in [0.29, 0.717) is 0 Å². The van der Waals surface area contributed by atoms with Crippen LogP contribution in [0.2, 0.25) is 0 Å². The summed E-state index contributed by atoms with van der Waals surface area (Å²) >= 11 is 1.75. The van der Waals surface area contributed by atoms with Crippen LogP contribution in [-0.4, -0.2) is 45.8 Å². The van der Waals surface area contributed by atoms with E-state index in [2.05, 4.69) is 57.7 Å². The van der Waals surface area contributed by atoms with E-state index in [4.69, 9.17) is 4.98 Å². The molecule has 0 radical (unpaired) electrons. The van der Waals surface area contributed by atoms with E-state index >= 15 is 0 Å². The molecular weight excluding hydrogens is 342 g/mol. The van der Waals surface area contributed by atoms with Crippen LogP contribution in [0.3, 0.4) is 0 Å². The van der Waals surface area contributed by atoms with Gasteiger partial charge in [0, 0.05) is 62.0 Å². The van der Waals surface area contributed by atoms with Gasteiger partial charge in [-0.2, -0.15) is 5.10 Å². The van der Waals surface area contributed by atoms with Gasteiger partial charge < -0.3 is 4.90 Å².